The van der Waals surface area contributed by atoms with Crippen LogP contribution in [0.2, 0.25) is 0 Å². The molecule has 1 heterocycles. The summed E-state index contributed by atoms with van der Waals surface area (Å²) in [6, 6.07) is -1.02. The Balaban J connectivity index is 2.56. The number of nitrogens with zero attached hydrogens (tertiary/aromatic N) is 1. The van der Waals surface area contributed by atoms with Gasteiger partial charge in [0.05, 0.1) is 0 Å². The molecule has 0 unspecified atom stereocenters. The van der Waals surface area contributed by atoms with Crippen LogP contribution < -0.4 is 5.32 Å². The first-order valence-corrected chi connectivity index (χ1v) is 7.34. The lowest BCUT2D eigenvalue weighted by atomic mass is 9.99. The lowest BCUT2D eigenvalue weighted by Gasteiger charge is -2.28. The van der Waals surface area contributed by atoms with Crippen molar-refractivity contribution in [3.8, 4) is 0 Å². The molecule has 5 heteroatoms. The number of likely N-dealkylation sites (tertiary alicyclic amines) is 1. The molecule has 0 aromatic heterocycles. The van der Waals surface area contributed by atoms with Crippen molar-refractivity contribution < 1.29 is 14.7 Å². The summed E-state index contributed by atoms with van der Waals surface area (Å²) in [5.74, 6) is -1.01. The van der Waals surface area contributed by atoms with E-state index in [4.69, 9.17) is 0 Å². The van der Waals surface area contributed by atoms with Crippen LogP contribution in [0.1, 0.15) is 52.4 Å². The minimum atomic E-state index is -0.949. The minimum absolute atomic E-state index is 0.0591. The maximum atomic E-state index is 12.1. The summed E-state index contributed by atoms with van der Waals surface area (Å²) >= 11 is 0. The van der Waals surface area contributed by atoms with Gasteiger partial charge in [0.1, 0.15) is 6.04 Å². The number of amides is 2. The van der Waals surface area contributed by atoms with E-state index in [0.717, 1.165) is 45.2 Å². The number of carbonyl (C=O) groups is 2. The van der Waals surface area contributed by atoms with Gasteiger partial charge in [-0.15, -0.1) is 0 Å². The van der Waals surface area contributed by atoms with Gasteiger partial charge in [0.2, 0.25) is 0 Å². The molecule has 2 amide bonds. The fraction of sp³-hybridized carbons (Fsp3) is 0.857. The van der Waals surface area contributed by atoms with Crippen molar-refractivity contribution in [2.45, 2.75) is 58.4 Å². The third kappa shape index (κ3) is 5.09. The standard InChI is InChI=1S/C14H26N2O3/c1-3-11(2)12(13(17)18)15-14(19)16-9-7-5-4-6-8-10-16/h11-12H,3-10H2,1-2H3,(H,15,19)(H,17,18)/t11-,12-/m0/s1. The number of carboxylic acid groups (broad SMARTS) is 1. The fourth-order valence-electron chi connectivity index (χ4n) is 2.36. The van der Waals surface area contributed by atoms with Crippen LogP contribution >= 0.6 is 0 Å². The van der Waals surface area contributed by atoms with Gasteiger partial charge in [-0.25, -0.2) is 9.59 Å². The molecule has 1 aliphatic heterocycles. The first-order valence-electron chi connectivity index (χ1n) is 7.34. The minimum Gasteiger partial charge on any atom is -0.480 e. The zero-order valence-corrected chi connectivity index (χ0v) is 12.0. The van der Waals surface area contributed by atoms with Gasteiger partial charge in [0.25, 0.3) is 0 Å². The summed E-state index contributed by atoms with van der Waals surface area (Å²) in [7, 11) is 0. The SMILES string of the molecule is CC[C@H](C)[C@H](NC(=O)N1CCCCCCC1)C(=O)O. The van der Waals surface area contributed by atoms with Crippen LogP contribution in [0.3, 0.4) is 0 Å². The van der Waals surface area contributed by atoms with E-state index >= 15 is 0 Å². The topological polar surface area (TPSA) is 69.6 Å². The average Bonchev–Trinajstić information content (AvgIpc) is 2.34. The Bertz CT molecular complexity index is 299. The van der Waals surface area contributed by atoms with Gasteiger partial charge >= 0.3 is 12.0 Å². The monoisotopic (exact) mass is 270 g/mol. The lowest BCUT2D eigenvalue weighted by Crippen LogP contribution is -2.51. The van der Waals surface area contributed by atoms with Crippen molar-refractivity contribution >= 4 is 12.0 Å². The first kappa shape index (κ1) is 15.8. The second-order valence-corrected chi connectivity index (χ2v) is 5.41. The number of nitrogens with one attached hydrogen (secondary N) is 1. The predicted molar refractivity (Wildman–Crippen MR) is 74.1 cm³/mol. The molecule has 0 bridgehead atoms. The molecule has 2 N–H and O–H groups in total. The molecule has 0 radical (unpaired) electrons. The maximum absolute atomic E-state index is 12.1. The van der Waals surface area contributed by atoms with Gasteiger partial charge < -0.3 is 15.3 Å². The molecule has 5 nitrogen and oxygen atoms in total. The van der Waals surface area contributed by atoms with Gasteiger partial charge in [-0.05, 0) is 18.8 Å². The Morgan fingerprint density at radius 1 is 1.16 bits per heavy atom. The van der Waals surface area contributed by atoms with Crippen molar-refractivity contribution in [3.63, 3.8) is 0 Å². The summed E-state index contributed by atoms with van der Waals surface area (Å²) in [5, 5.41) is 11.9. The van der Waals surface area contributed by atoms with Crippen molar-refractivity contribution in [2.24, 2.45) is 5.92 Å². The summed E-state index contributed by atoms with van der Waals surface area (Å²) in [6.07, 6.45) is 6.29. The zero-order valence-electron chi connectivity index (χ0n) is 12.0. The van der Waals surface area contributed by atoms with Gasteiger partial charge in [0.15, 0.2) is 0 Å². The summed E-state index contributed by atoms with van der Waals surface area (Å²) in [4.78, 5) is 25.1. The number of hydrogen-bond acceptors (Lipinski definition) is 2. The van der Waals surface area contributed by atoms with Gasteiger partial charge in [-0.1, -0.05) is 39.5 Å². The molecule has 1 aliphatic rings. The molecule has 19 heavy (non-hydrogen) atoms. The highest BCUT2D eigenvalue weighted by molar-refractivity contribution is 5.82. The zero-order chi connectivity index (χ0) is 14.3. The molecule has 0 saturated carbocycles. The third-order valence-corrected chi connectivity index (χ3v) is 3.90. The Morgan fingerprint density at radius 3 is 2.16 bits per heavy atom. The maximum Gasteiger partial charge on any atom is 0.326 e. The number of carbonyl (C=O) groups excluding carboxylic acids is 1. The van der Waals surface area contributed by atoms with Crippen LogP contribution in [-0.4, -0.2) is 41.1 Å². The highest BCUT2D eigenvalue weighted by Gasteiger charge is 2.27. The van der Waals surface area contributed by atoms with Crippen LogP contribution in [0.4, 0.5) is 4.79 Å². The largest absolute Gasteiger partial charge is 0.480 e. The smallest absolute Gasteiger partial charge is 0.326 e. The lowest BCUT2D eigenvalue weighted by molar-refractivity contribution is -0.140. The van der Waals surface area contributed by atoms with Crippen molar-refractivity contribution in [2.75, 3.05) is 13.1 Å². The van der Waals surface area contributed by atoms with Crippen LogP contribution in [0.5, 0.6) is 0 Å². The van der Waals surface area contributed by atoms with E-state index in [1.165, 1.54) is 6.42 Å². The molecule has 0 aliphatic carbocycles. The van der Waals surface area contributed by atoms with Gasteiger partial charge in [-0.2, -0.15) is 0 Å². The van der Waals surface area contributed by atoms with E-state index in [1.807, 2.05) is 13.8 Å². The highest BCUT2D eigenvalue weighted by atomic mass is 16.4. The Morgan fingerprint density at radius 2 is 1.68 bits per heavy atom. The molecule has 1 fully saturated rings. The summed E-state index contributed by atoms with van der Waals surface area (Å²) in [5.41, 5.74) is 0. The molecule has 2 atom stereocenters. The molecular formula is C14H26N2O3. The number of urea groups is 1. The van der Waals surface area contributed by atoms with Crippen LogP contribution in [0.15, 0.2) is 0 Å². The molecule has 1 saturated heterocycles. The summed E-state index contributed by atoms with van der Waals surface area (Å²) < 4.78 is 0. The number of rotatable bonds is 4. The predicted octanol–water partition coefficient (Wildman–Crippen LogP) is 2.46. The Labute approximate surface area is 115 Å². The fourth-order valence-corrected chi connectivity index (χ4v) is 2.36. The second kappa shape index (κ2) is 8.02. The number of hydrogen-bond donors (Lipinski definition) is 2. The second-order valence-electron chi connectivity index (χ2n) is 5.41. The van der Waals surface area contributed by atoms with Crippen LogP contribution in [-0.2, 0) is 4.79 Å². The van der Waals surface area contributed by atoms with Crippen molar-refractivity contribution in [1.29, 1.82) is 0 Å². The van der Waals surface area contributed by atoms with Crippen molar-refractivity contribution in [3.05, 3.63) is 0 Å². The number of aliphatic carboxylic acids is 1. The first-order chi connectivity index (χ1) is 9.06. The Kier molecular flexibility index (Phi) is 6.67. The van der Waals surface area contributed by atoms with E-state index in [1.54, 1.807) is 4.90 Å². The van der Waals surface area contributed by atoms with Gasteiger partial charge in [0, 0.05) is 13.1 Å². The summed E-state index contributed by atoms with van der Waals surface area (Å²) in [6.45, 7) is 5.26. The normalized spacial score (nSPS) is 20.0. The average molecular weight is 270 g/mol. The van der Waals surface area contributed by atoms with Crippen molar-refractivity contribution in [1.82, 2.24) is 10.2 Å². The third-order valence-electron chi connectivity index (χ3n) is 3.90. The highest BCUT2D eigenvalue weighted by Crippen LogP contribution is 2.12. The Hall–Kier alpha value is -1.26. The van der Waals surface area contributed by atoms with Gasteiger partial charge in [-0.3, -0.25) is 0 Å². The van der Waals surface area contributed by atoms with E-state index in [0.29, 0.717) is 0 Å². The molecule has 1 rings (SSSR count). The molecule has 0 spiro atoms. The van der Waals surface area contributed by atoms with Crippen LogP contribution in [0.25, 0.3) is 0 Å². The van der Waals surface area contributed by atoms with E-state index in [9.17, 15) is 14.7 Å². The molecule has 0 aromatic carbocycles. The van der Waals surface area contributed by atoms with E-state index in [2.05, 4.69) is 5.32 Å². The molecular weight excluding hydrogens is 244 g/mol. The quantitative estimate of drug-likeness (QED) is 0.824. The molecule has 110 valence electrons. The molecule has 0 aromatic rings. The van der Waals surface area contributed by atoms with E-state index in [-0.39, 0.29) is 11.9 Å². The van der Waals surface area contributed by atoms with Crippen LogP contribution in [0, 0.1) is 5.92 Å². The number of carboxylic acids is 1. The van der Waals surface area contributed by atoms with E-state index < -0.39 is 12.0 Å².